The van der Waals surface area contributed by atoms with Gasteiger partial charge < -0.3 is 24.0 Å². The average molecular weight is 250 g/mol. The second-order valence-corrected chi connectivity index (χ2v) is 4.64. The van der Waals surface area contributed by atoms with Gasteiger partial charge in [0, 0.05) is 0 Å². The highest BCUT2D eigenvalue weighted by atomic mass is 31.2. The maximum absolute atomic E-state index is 9.83. The zero-order chi connectivity index (χ0) is 13.2. The highest BCUT2D eigenvalue weighted by Gasteiger charge is 1.86. The summed E-state index contributed by atoms with van der Waals surface area (Å²) in [6.07, 6.45) is 3.28. The van der Waals surface area contributed by atoms with Crippen molar-refractivity contribution in [1.29, 1.82) is 0 Å². The van der Waals surface area contributed by atoms with Crippen LogP contribution in [-0.4, -0.2) is 18.3 Å². The molecule has 0 fully saturated rings. The van der Waals surface area contributed by atoms with Crippen LogP contribution in [0.2, 0.25) is 0 Å². The maximum atomic E-state index is 9.83. The van der Waals surface area contributed by atoms with Crippen LogP contribution in [0.4, 0.5) is 0 Å². The summed E-state index contributed by atoms with van der Waals surface area (Å²) in [5, 5.41) is 8.16. The molecular formula is C10H19O5P-2. The van der Waals surface area contributed by atoms with Gasteiger partial charge in [-0.05, 0) is 27.7 Å². The Morgan fingerprint density at radius 3 is 1.81 bits per heavy atom. The van der Waals surface area contributed by atoms with Gasteiger partial charge in [-0.2, -0.15) is 0 Å². The minimum Gasteiger partial charge on any atom is -0.790 e. The van der Waals surface area contributed by atoms with Gasteiger partial charge in [0.15, 0.2) is 0 Å². The van der Waals surface area contributed by atoms with Crippen molar-refractivity contribution >= 4 is 7.82 Å². The summed E-state index contributed by atoms with van der Waals surface area (Å²) in [6, 6.07) is 0. The molecule has 0 aliphatic rings. The number of aliphatic hydroxyl groups is 1. The van der Waals surface area contributed by atoms with E-state index in [0.29, 0.717) is 0 Å². The Morgan fingerprint density at radius 2 is 1.62 bits per heavy atom. The number of phosphoric acid groups is 1. The van der Waals surface area contributed by atoms with Gasteiger partial charge >= 0.3 is 0 Å². The van der Waals surface area contributed by atoms with Crippen molar-refractivity contribution in [2.75, 3.05) is 13.2 Å². The molecular weight excluding hydrogens is 231 g/mol. The van der Waals surface area contributed by atoms with Crippen LogP contribution in [0.15, 0.2) is 23.3 Å². The minimum absolute atomic E-state index is 0.160. The van der Waals surface area contributed by atoms with Crippen LogP contribution < -0.4 is 9.79 Å². The monoisotopic (exact) mass is 250 g/mol. The lowest BCUT2D eigenvalue weighted by atomic mass is 10.3. The second-order valence-electron chi connectivity index (χ2n) is 3.49. The van der Waals surface area contributed by atoms with Gasteiger partial charge in [0.2, 0.25) is 0 Å². The van der Waals surface area contributed by atoms with E-state index in [4.69, 9.17) is 5.11 Å². The third-order valence-electron chi connectivity index (χ3n) is 1.22. The number of aliphatic hydroxyl groups excluding tert-OH is 1. The third kappa shape index (κ3) is 23.4. The Hall–Kier alpha value is -0.450. The van der Waals surface area contributed by atoms with Crippen molar-refractivity contribution in [2.45, 2.75) is 27.7 Å². The van der Waals surface area contributed by atoms with Crippen LogP contribution in [0, 0.1) is 0 Å². The van der Waals surface area contributed by atoms with Gasteiger partial charge in [0.1, 0.15) is 0 Å². The van der Waals surface area contributed by atoms with E-state index in [1.165, 1.54) is 6.08 Å². The first-order valence-electron chi connectivity index (χ1n) is 4.73. The lowest BCUT2D eigenvalue weighted by molar-refractivity contribution is -0.340. The van der Waals surface area contributed by atoms with Crippen molar-refractivity contribution in [3.8, 4) is 0 Å². The fourth-order valence-electron chi connectivity index (χ4n) is 0.478. The topological polar surface area (TPSA) is 92.7 Å². The van der Waals surface area contributed by atoms with Crippen LogP contribution in [0.3, 0.4) is 0 Å². The molecule has 0 aliphatic carbocycles. The summed E-state index contributed by atoms with van der Waals surface area (Å²) in [7, 11) is -4.77. The van der Waals surface area contributed by atoms with E-state index in [-0.39, 0.29) is 13.2 Å². The Morgan fingerprint density at radius 1 is 1.19 bits per heavy atom. The van der Waals surface area contributed by atoms with Gasteiger partial charge in [-0.25, -0.2) is 0 Å². The smallest absolute Gasteiger partial charge is 0.0702 e. The molecule has 0 saturated heterocycles. The molecule has 96 valence electrons. The molecule has 0 amide bonds. The van der Waals surface area contributed by atoms with Gasteiger partial charge in [-0.3, -0.25) is 0 Å². The van der Waals surface area contributed by atoms with Gasteiger partial charge in [-0.1, -0.05) is 23.3 Å². The van der Waals surface area contributed by atoms with Gasteiger partial charge in [-0.15, -0.1) is 0 Å². The van der Waals surface area contributed by atoms with Crippen molar-refractivity contribution in [3.63, 3.8) is 0 Å². The molecule has 5 nitrogen and oxygen atoms in total. The predicted molar refractivity (Wildman–Crippen MR) is 59.5 cm³/mol. The molecule has 0 aromatic heterocycles. The van der Waals surface area contributed by atoms with E-state index in [0.717, 1.165) is 11.1 Å². The number of hydrogen-bond acceptors (Lipinski definition) is 5. The molecule has 0 aliphatic heterocycles. The van der Waals surface area contributed by atoms with E-state index < -0.39 is 7.82 Å². The lowest BCUT2D eigenvalue weighted by Gasteiger charge is -2.27. The van der Waals surface area contributed by atoms with Crippen molar-refractivity contribution in [1.82, 2.24) is 0 Å². The van der Waals surface area contributed by atoms with Crippen LogP contribution in [-0.2, 0) is 9.09 Å². The number of rotatable bonds is 4. The Kier molecular flexibility index (Phi) is 10.9. The number of phosphoric ester groups is 1. The van der Waals surface area contributed by atoms with Crippen LogP contribution in [0.5, 0.6) is 0 Å². The van der Waals surface area contributed by atoms with E-state index in [1.54, 1.807) is 19.9 Å². The van der Waals surface area contributed by atoms with Crippen LogP contribution >= 0.6 is 7.82 Å². The van der Waals surface area contributed by atoms with Crippen LogP contribution in [0.1, 0.15) is 27.7 Å². The number of hydrogen-bond donors (Lipinski definition) is 1. The summed E-state index contributed by atoms with van der Waals surface area (Å²) in [6.45, 7) is 7.48. The molecule has 0 aromatic carbocycles. The zero-order valence-corrected chi connectivity index (χ0v) is 11.0. The fourth-order valence-corrected chi connectivity index (χ4v) is 0.735. The molecule has 0 spiro atoms. The Bertz CT molecular complexity index is 269. The summed E-state index contributed by atoms with van der Waals surface area (Å²) in [5.41, 5.74) is 2.07. The van der Waals surface area contributed by atoms with E-state index in [1.807, 2.05) is 13.8 Å². The van der Waals surface area contributed by atoms with Gasteiger partial charge in [0.25, 0.3) is 0 Å². The van der Waals surface area contributed by atoms with Crippen molar-refractivity contribution in [2.24, 2.45) is 0 Å². The predicted octanol–water partition coefficient (Wildman–Crippen LogP) is 0.743. The SMILES string of the molecule is CC(C)=CCO.CC(C)=CCOP(=O)([O-])[O-]. The highest BCUT2D eigenvalue weighted by Crippen LogP contribution is 2.23. The molecule has 0 rings (SSSR count). The Balaban J connectivity index is 0. The third-order valence-corrected chi connectivity index (χ3v) is 1.69. The molecule has 1 N–H and O–H groups in total. The molecule has 0 radical (unpaired) electrons. The standard InChI is InChI=1S/C5H11O4P.C5H10O/c1-5(2)3-4-9-10(6,7)8;1-5(2)3-4-6/h3H,4H2,1-2H3,(H2,6,7,8);3,6H,4H2,1-2H3/p-2. The normalized spacial score (nSPS) is 9.94. The van der Waals surface area contributed by atoms with E-state index >= 15 is 0 Å². The summed E-state index contributed by atoms with van der Waals surface area (Å²) < 4.78 is 13.7. The molecule has 0 bridgehead atoms. The first kappa shape index (κ1) is 17.9. The fraction of sp³-hybridized carbons (Fsp3) is 0.600. The van der Waals surface area contributed by atoms with Crippen molar-refractivity contribution in [3.05, 3.63) is 23.3 Å². The molecule has 0 saturated carbocycles. The van der Waals surface area contributed by atoms with E-state index in [9.17, 15) is 14.4 Å². The molecule has 0 atom stereocenters. The lowest BCUT2D eigenvalue weighted by Crippen LogP contribution is -2.16. The first-order valence-corrected chi connectivity index (χ1v) is 6.19. The van der Waals surface area contributed by atoms with E-state index in [2.05, 4.69) is 4.52 Å². The zero-order valence-electron chi connectivity index (χ0n) is 10.1. The van der Waals surface area contributed by atoms with Crippen molar-refractivity contribution < 1.29 is 24.0 Å². The summed E-state index contributed by atoms with van der Waals surface area (Å²) >= 11 is 0. The molecule has 0 heterocycles. The first-order chi connectivity index (χ1) is 7.19. The van der Waals surface area contributed by atoms with Gasteiger partial charge in [0.05, 0.1) is 21.0 Å². The largest absolute Gasteiger partial charge is 0.790 e. The summed E-state index contributed by atoms with van der Waals surface area (Å²) in [5.74, 6) is 0. The highest BCUT2D eigenvalue weighted by molar-refractivity contribution is 7.43. The average Bonchev–Trinajstić information content (AvgIpc) is 2.00. The quantitative estimate of drug-likeness (QED) is 0.586. The molecule has 0 unspecified atom stereocenters. The number of allylic oxidation sites excluding steroid dienone is 2. The molecule has 16 heavy (non-hydrogen) atoms. The Labute approximate surface area is 96.7 Å². The second kappa shape index (κ2) is 9.75. The van der Waals surface area contributed by atoms with Crippen LogP contribution in [0.25, 0.3) is 0 Å². The maximum Gasteiger partial charge on any atom is 0.0702 e. The summed E-state index contributed by atoms with van der Waals surface area (Å²) in [4.78, 5) is 19.7. The molecule has 0 aromatic rings. The minimum atomic E-state index is -4.77. The molecule has 6 heteroatoms.